The molecule has 0 aliphatic rings. The zero-order chi connectivity index (χ0) is 18.7. The maximum Gasteiger partial charge on any atom is 0.573 e. The van der Waals surface area contributed by atoms with E-state index in [4.69, 9.17) is 0 Å². The van der Waals surface area contributed by atoms with Crippen molar-refractivity contribution in [2.45, 2.75) is 17.8 Å². The van der Waals surface area contributed by atoms with E-state index < -0.39 is 23.2 Å². The third kappa shape index (κ3) is 4.46. The number of aromatic nitrogens is 3. The molecule has 136 valence electrons. The monoisotopic (exact) mass is 383 g/mol. The minimum absolute atomic E-state index is 0.0608. The summed E-state index contributed by atoms with van der Waals surface area (Å²) in [5, 5.41) is 0. The first-order valence-electron chi connectivity index (χ1n) is 7.23. The molecule has 1 N–H and O–H groups in total. The number of ether oxygens (including phenoxy) is 1. The number of rotatable bonds is 5. The largest absolute Gasteiger partial charge is 0.573 e. The van der Waals surface area contributed by atoms with Gasteiger partial charge in [0.25, 0.3) is 0 Å². The fourth-order valence-electron chi connectivity index (χ4n) is 2.33. The number of halogens is 3. The molecule has 2 heterocycles. The molecule has 0 radical (unpaired) electrons. The number of hydrogen-bond acceptors (Lipinski definition) is 4. The van der Waals surface area contributed by atoms with E-state index in [0.29, 0.717) is 6.54 Å². The van der Waals surface area contributed by atoms with Crippen molar-refractivity contribution < 1.29 is 26.7 Å². The van der Waals surface area contributed by atoms with Crippen LogP contribution in [0.3, 0.4) is 0 Å². The summed E-state index contributed by atoms with van der Waals surface area (Å²) in [6, 6.07) is 6.41. The fourth-order valence-corrected chi connectivity index (χ4v) is 2.86. The lowest BCUT2D eigenvalue weighted by Gasteiger charge is -2.12. The summed E-state index contributed by atoms with van der Waals surface area (Å²) < 4.78 is 63.8. The second-order valence-corrected chi connectivity index (χ2v) is 6.18. The predicted molar refractivity (Wildman–Crippen MR) is 86.7 cm³/mol. The molecule has 0 fully saturated rings. The molecule has 0 spiro atoms. The van der Waals surface area contributed by atoms with Gasteiger partial charge in [-0.2, -0.15) is 0 Å². The van der Waals surface area contributed by atoms with Crippen LogP contribution < -0.4 is 4.74 Å². The minimum Gasteiger partial charge on any atom is -0.406 e. The third-order valence-corrected chi connectivity index (χ3v) is 4.13. The number of imidazole rings is 1. The predicted octanol–water partition coefficient (Wildman–Crippen LogP) is 3.47. The highest BCUT2D eigenvalue weighted by Crippen LogP contribution is 2.31. The van der Waals surface area contributed by atoms with Gasteiger partial charge in [-0.1, -0.05) is 6.07 Å². The summed E-state index contributed by atoms with van der Waals surface area (Å²) in [4.78, 5) is 8.06. The molecular formula is C16H12F3N3O3S. The van der Waals surface area contributed by atoms with E-state index in [0.717, 1.165) is 23.8 Å². The Bertz CT molecular complexity index is 913. The average Bonchev–Trinajstić information content (AvgIpc) is 3.07. The normalized spacial score (nSPS) is 12.8. The Morgan fingerprint density at radius 2 is 2.04 bits per heavy atom. The lowest BCUT2D eigenvalue weighted by atomic mass is 10.1. The standard InChI is InChI=1S/C16H12F3N3O3S/c17-16(18,19)25-12-2-4-15(26(23)24)13(7-12)14-3-1-11(8-21-14)9-22-6-5-20-10-22/h1-8,10H,9H2,(H,23,24). The van der Waals surface area contributed by atoms with Crippen molar-refractivity contribution in [3.8, 4) is 17.0 Å². The van der Waals surface area contributed by atoms with E-state index in [-0.39, 0.29) is 16.2 Å². The molecule has 0 bridgehead atoms. The molecule has 0 aliphatic carbocycles. The van der Waals surface area contributed by atoms with Gasteiger partial charge < -0.3 is 13.9 Å². The van der Waals surface area contributed by atoms with Crippen molar-refractivity contribution >= 4 is 11.1 Å². The first-order chi connectivity index (χ1) is 12.3. The number of nitrogens with zero attached hydrogens (tertiary/aromatic N) is 3. The Balaban J connectivity index is 1.93. The van der Waals surface area contributed by atoms with Gasteiger partial charge in [0.15, 0.2) is 11.1 Å². The van der Waals surface area contributed by atoms with Crippen LogP contribution in [0.25, 0.3) is 11.3 Å². The highest BCUT2D eigenvalue weighted by atomic mass is 32.2. The lowest BCUT2D eigenvalue weighted by molar-refractivity contribution is -0.274. The van der Waals surface area contributed by atoms with Crippen LogP contribution in [0.5, 0.6) is 5.75 Å². The highest BCUT2D eigenvalue weighted by Gasteiger charge is 2.31. The van der Waals surface area contributed by atoms with Gasteiger partial charge in [0.1, 0.15) is 5.75 Å². The van der Waals surface area contributed by atoms with Gasteiger partial charge in [0, 0.05) is 30.7 Å². The van der Waals surface area contributed by atoms with Crippen LogP contribution in [0.15, 0.2) is 60.1 Å². The van der Waals surface area contributed by atoms with Crippen molar-refractivity contribution in [2.24, 2.45) is 0 Å². The van der Waals surface area contributed by atoms with Crippen molar-refractivity contribution in [1.29, 1.82) is 0 Å². The van der Waals surface area contributed by atoms with Gasteiger partial charge in [0.2, 0.25) is 0 Å². The van der Waals surface area contributed by atoms with Gasteiger partial charge >= 0.3 is 6.36 Å². The van der Waals surface area contributed by atoms with E-state index in [2.05, 4.69) is 14.7 Å². The van der Waals surface area contributed by atoms with E-state index in [1.165, 1.54) is 6.20 Å². The maximum atomic E-state index is 12.4. The Labute approximate surface area is 148 Å². The second-order valence-electron chi connectivity index (χ2n) is 5.24. The van der Waals surface area contributed by atoms with Crippen LogP contribution in [-0.2, 0) is 17.6 Å². The molecule has 0 aliphatic heterocycles. The van der Waals surface area contributed by atoms with Crippen molar-refractivity contribution in [1.82, 2.24) is 14.5 Å². The number of alkyl halides is 3. The van der Waals surface area contributed by atoms with Crippen LogP contribution >= 0.6 is 0 Å². The molecule has 0 saturated carbocycles. The van der Waals surface area contributed by atoms with Gasteiger partial charge in [-0.3, -0.25) is 4.98 Å². The summed E-state index contributed by atoms with van der Waals surface area (Å²) in [5.74, 6) is -0.494. The van der Waals surface area contributed by atoms with Gasteiger partial charge in [-0.25, -0.2) is 9.19 Å². The van der Waals surface area contributed by atoms with Crippen LogP contribution in [0.4, 0.5) is 13.2 Å². The summed E-state index contributed by atoms with van der Waals surface area (Å²) in [6.45, 7) is 0.517. The first-order valence-corrected chi connectivity index (χ1v) is 8.34. The molecule has 0 saturated heterocycles. The Hall–Kier alpha value is -2.72. The van der Waals surface area contributed by atoms with E-state index in [9.17, 15) is 21.9 Å². The van der Waals surface area contributed by atoms with Crippen LogP contribution in [0.1, 0.15) is 5.56 Å². The zero-order valence-corrected chi connectivity index (χ0v) is 13.9. The molecule has 6 nitrogen and oxygen atoms in total. The van der Waals surface area contributed by atoms with Gasteiger partial charge in [-0.05, 0) is 29.8 Å². The molecule has 10 heteroatoms. The summed E-state index contributed by atoms with van der Waals surface area (Å²) in [6.07, 6.45) is 1.73. The second kappa shape index (κ2) is 7.26. The first kappa shape index (κ1) is 18.1. The molecule has 1 aromatic carbocycles. The van der Waals surface area contributed by atoms with Gasteiger partial charge in [-0.15, -0.1) is 13.2 Å². The maximum absolute atomic E-state index is 12.4. The van der Waals surface area contributed by atoms with Crippen LogP contribution in [0.2, 0.25) is 0 Å². The molecule has 1 unspecified atom stereocenters. The number of hydrogen-bond donors (Lipinski definition) is 1. The van der Waals surface area contributed by atoms with Gasteiger partial charge in [0.05, 0.1) is 16.9 Å². The lowest BCUT2D eigenvalue weighted by Crippen LogP contribution is -2.17. The molecular weight excluding hydrogens is 371 g/mol. The smallest absolute Gasteiger partial charge is 0.406 e. The van der Waals surface area contributed by atoms with Crippen molar-refractivity contribution in [3.05, 3.63) is 60.8 Å². The van der Waals surface area contributed by atoms with Crippen molar-refractivity contribution in [2.75, 3.05) is 0 Å². The Morgan fingerprint density at radius 3 is 2.62 bits per heavy atom. The summed E-state index contributed by atoms with van der Waals surface area (Å²) in [7, 11) is 0. The SMILES string of the molecule is O=S(O)c1ccc(OC(F)(F)F)cc1-c1ccc(Cn2ccnc2)cn1. The number of benzene rings is 1. The Morgan fingerprint density at radius 1 is 1.23 bits per heavy atom. The third-order valence-electron chi connectivity index (χ3n) is 3.40. The van der Waals surface area contributed by atoms with E-state index in [1.807, 2.05) is 4.57 Å². The average molecular weight is 383 g/mol. The van der Waals surface area contributed by atoms with E-state index in [1.54, 1.807) is 30.9 Å². The molecule has 1 atom stereocenters. The van der Waals surface area contributed by atoms with Crippen LogP contribution in [-0.4, -0.2) is 29.7 Å². The molecule has 0 amide bonds. The minimum atomic E-state index is -4.86. The molecule has 2 aromatic heterocycles. The molecule has 3 rings (SSSR count). The Kier molecular flexibility index (Phi) is 5.05. The molecule has 26 heavy (non-hydrogen) atoms. The number of pyridine rings is 1. The van der Waals surface area contributed by atoms with E-state index >= 15 is 0 Å². The highest BCUT2D eigenvalue weighted by molar-refractivity contribution is 7.79. The topological polar surface area (TPSA) is 77.2 Å². The van der Waals surface area contributed by atoms with Crippen molar-refractivity contribution in [3.63, 3.8) is 0 Å². The summed E-state index contributed by atoms with van der Waals surface area (Å²) >= 11 is -2.39. The molecule has 3 aromatic rings. The fraction of sp³-hybridized carbons (Fsp3) is 0.125. The van der Waals surface area contributed by atoms with Crippen LogP contribution in [0, 0.1) is 0 Å². The quantitative estimate of drug-likeness (QED) is 0.683. The zero-order valence-electron chi connectivity index (χ0n) is 13.1. The summed E-state index contributed by atoms with van der Waals surface area (Å²) in [5.41, 5.74) is 1.17.